The van der Waals surface area contributed by atoms with Crippen molar-refractivity contribution in [2.45, 2.75) is 129 Å². The molecule has 142 valence electrons. The van der Waals surface area contributed by atoms with Crippen LogP contribution in [0.3, 0.4) is 0 Å². The van der Waals surface area contributed by atoms with Gasteiger partial charge in [0.1, 0.15) is 5.78 Å². The van der Waals surface area contributed by atoms with E-state index in [2.05, 4.69) is 26.0 Å². The number of unbranched alkanes of at least 4 members (excludes halogenated alkanes) is 14. The van der Waals surface area contributed by atoms with E-state index in [-0.39, 0.29) is 0 Å². The summed E-state index contributed by atoms with van der Waals surface area (Å²) in [6.45, 7) is 4.51. The van der Waals surface area contributed by atoms with Crippen molar-refractivity contribution in [3.63, 3.8) is 0 Å². The molecule has 0 aromatic carbocycles. The topological polar surface area (TPSA) is 17.1 Å². The van der Waals surface area contributed by atoms with Crippen LogP contribution >= 0.6 is 0 Å². The highest BCUT2D eigenvalue weighted by Gasteiger charge is 1.99. The monoisotopic (exact) mass is 336 g/mol. The molecule has 0 saturated heterocycles. The van der Waals surface area contributed by atoms with Crippen LogP contribution in [-0.2, 0) is 4.79 Å². The summed E-state index contributed by atoms with van der Waals surface area (Å²) in [7, 11) is 0. The third-order valence-corrected chi connectivity index (χ3v) is 4.80. The smallest absolute Gasteiger partial charge is 0.136 e. The standard InChI is InChI=1S/C23H44O/c1-3-5-7-9-11-12-13-14-16-18-20-22-23(24)21-19-17-15-10-8-6-4-2/h17,19H,3-16,18,20-22H2,1-2H3/b19-17+. The van der Waals surface area contributed by atoms with Gasteiger partial charge < -0.3 is 0 Å². The van der Waals surface area contributed by atoms with Crippen LogP contribution < -0.4 is 0 Å². The summed E-state index contributed by atoms with van der Waals surface area (Å²) in [5, 5.41) is 0. The van der Waals surface area contributed by atoms with Crippen molar-refractivity contribution < 1.29 is 4.79 Å². The second-order valence-corrected chi connectivity index (χ2v) is 7.35. The zero-order chi connectivity index (χ0) is 17.7. The predicted octanol–water partition coefficient (Wildman–Crippen LogP) is 8.17. The van der Waals surface area contributed by atoms with E-state index in [9.17, 15) is 4.79 Å². The van der Waals surface area contributed by atoms with Gasteiger partial charge in [-0.3, -0.25) is 4.79 Å². The second-order valence-electron chi connectivity index (χ2n) is 7.35. The van der Waals surface area contributed by atoms with Crippen molar-refractivity contribution >= 4 is 5.78 Å². The van der Waals surface area contributed by atoms with Gasteiger partial charge >= 0.3 is 0 Å². The molecule has 0 radical (unpaired) electrons. The van der Waals surface area contributed by atoms with Crippen molar-refractivity contribution in [2.75, 3.05) is 0 Å². The molecule has 0 saturated carbocycles. The van der Waals surface area contributed by atoms with Crippen molar-refractivity contribution in [1.29, 1.82) is 0 Å². The molecule has 0 N–H and O–H groups in total. The predicted molar refractivity (Wildman–Crippen MR) is 109 cm³/mol. The molecular weight excluding hydrogens is 292 g/mol. The molecule has 0 aliphatic carbocycles. The Morgan fingerprint density at radius 2 is 1.04 bits per heavy atom. The van der Waals surface area contributed by atoms with Crippen LogP contribution in [0.1, 0.15) is 129 Å². The van der Waals surface area contributed by atoms with Crippen molar-refractivity contribution in [3.05, 3.63) is 12.2 Å². The van der Waals surface area contributed by atoms with E-state index in [0.717, 1.165) is 19.3 Å². The largest absolute Gasteiger partial charge is 0.299 e. The Hall–Kier alpha value is -0.590. The van der Waals surface area contributed by atoms with E-state index in [0.29, 0.717) is 12.2 Å². The number of allylic oxidation sites excluding steroid dienone is 2. The van der Waals surface area contributed by atoms with E-state index < -0.39 is 0 Å². The maximum Gasteiger partial charge on any atom is 0.136 e. The molecule has 0 atom stereocenters. The van der Waals surface area contributed by atoms with Crippen LogP contribution in [0, 0.1) is 0 Å². The summed E-state index contributed by atoms with van der Waals surface area (Å²) < 4.78 is 0. The number of hydrogen-bond acceptors (Lipinski definition) is 1. The van der Waals surface area contributed by atoms with Gasteiger partial charge in [0.25, 0.3) is 0 Å². The minimum atomic E-state index is 0.427. The summed E-state index contributed by atoms with van der Waals surface area (Å²) in [4.78, 5) is 11.8. The fraction of sp³-hybridized carbons (Fsp3) is 0.870. The van der Waals surface area contributed by atoms with E-state index >= 15 is 0 Å². The fourth-order valence-electron chi connectivity index (χ4n) is 3.11. The minimum Gasteiger partial charge on any atom is -0.299 e. The van der Waals surface area contributed by atoms with E-state index in [4.69, 9.17) is 0 Å². The molecule has 0 fully saturated rings. The fourth-order valence-corrected chi connectivity index (χ4v) is 3.11. The lowest BCUT2D eigenvalue weighted by atomic mass is 10.0. The highest BCUT2D eigenvalue weighted by atomic mass is 16.1. The lowest BCUT2D eigenvalue weighted by Crippen LogP contribution is -1.95. The van der Waals surface area contributed by atoms with E-state index in [1.165, 1.54) is 89.9 Å². The van der Waals surface area contributed by atoms with Crippen molar-refractivity contribution in [2.24, 2.45) is 0 Å². The van der Waals surface area contributed by atoms with Crippen LogP contribution in [0.2, 0.25) is 0 Å². The number of Topliss-reactive ketones (excluding diaryl/α,β-unsaturated/α-hetero) is 1. The molecule has 0 unspecified atom stereocenters. The Bertz CT molecular complexity index is 280. The number of carbonyl (C=O) groups is 1. The van der Waals surface area contributed by atoms with E-state index in [1.54, 1.807) is 0 Å². The summed E-state index contributed by atoms with van der Waals surface area (Å²) in [5.74, 6) is 0.427. The van der Waals surface area contributed by atoms with E-state index in [1.807, 2.05) is 0 Å². The molecule has 0 bridgehead atoms. The number of hydrogen-bond donors (Lipinski definition) is 0. The first-order valence-corrected chi connectivity index (χ1v) is 11.0. The molecule has 0 aliphatic rings. The second kappa shape index (κ2) is 20.5. The number of carbonyl (C=O) groups excluding carboxylic acids is 1. The summed E-state index contributed by atoms with van der Waals surface area (Å²) >= 11 is 0. The summed E-state index contributed by atoms with van der Waals surface area (Å²) in [5.41, 5.74) is 0. The van der Waals surface area contributed by atoms with Crippen molar-refractivity contribution in [1.82, 2.24) is 0 Å². The van der Waals surface area contributed by atoms with Gasteiger partial charge in [-0.15, -0.1) is 0 Å². The average molecular weight is 337 g/mol. The Morgan fingerprint density at radius 3 is 1.58 bits per heavy atom. The quantitative estimate of drug-likeness (QED) is 0.172. The lowest BCUT2D eigenvalue weighted by Gasteiger charge is -2.02. The van der Waals surface area contributed by atoms with Crippen LogP contribution in [0.25, 0.3) is 0 Å². The number of rotatable bonds is 19. The molecule has 1 nitrogen and oxygen atoms in total. The van der Waals surface area contributed by atoms with Gasteiger partial charge in [-0.2, -0.15) is 0 Å². The molecule has 0 spiro atoms. The Labute approximate surface area is 152 Å². The maximum absolute atomic E-state index is 11.8. The van der Waals surface area contributed by atoms with Crippen LogP contribution in [0.15, 0.2) is 12.2 Å². The highest BCUT2D eigenvalue weighted by Crippen LogP contribution is 2.12. The Kier molecular flexibility index (Phi) is 20.0. The van der Waals surface area contributed by atoms with Gasteiger partial charge in [0.05, 0.1) is 0 Å². The summed E-state index contributed by atoms with van der Waals surface area (Å²) in [6, 6.07) is 0. The molecule has 0 aromatic rings. The Morgan fingerprint density at radius 1 is 0.583 bits per heavy atom. The van der Waals surface area contributed by atoms with Gasteiger partial charge in [-0.05, 0) is 19.3 Å². The molecule has 1 heteroatoms. The molecule has 0 heterocycles. The first-order chi connectivity index (χ1) is 11.8. The van der Waals surface area contributed by atoms with Crippen LogP contribution in [0.4, 0.5) is 0 Å². The van der Waals surface area contributed by atoms with Gasteiger partial charge in [0, 0.05) is 12.8 Å². The Balaban J connectivity index is 3.21. The molecular formula is C23H44O. The normalized spacial score (nSPS) is 11.4. The molecule has 0 rings (SSSR count). The van der Waals surface area contributed by atoms with Gasteiger partial charge in [-0.1, -0.05) is 109 Å². The maximum atomic E-state index is 11.8. The molecule has 0 amide bonds. The third kappa shape index (κ3) is 19.5. The first-order valence-electron chi connectivity index (χ1n) is 11.0. The lowest BCUT2D eigenvalue weighted by molar-refractivity contribution is -0.118. The first kappa shape index (κ1) is 23.4. The molecule has 0 aromatic heterocycles. The van der Waals surface area contributed by atoms with Gasteiger partial charge in [0.15, 0.2) is 0 Å². The minimum absolute atomic E-state index is 0.427. The molecule has 24 heavy (non-hydrogen) atoms. The SMILES string of the molecule is CCCCCC/C=C/CC(=O)CCCCCCCCCCCCC. The van der Waals surface area contributed by atoms with Crippen LogP contribution in [-0.4, -0.2) is 5.78 Å². The van der Waals surface area contributed by atoms with Gasteiger partial charge in [-0.25, -0.2) is 0 Å². The average Bonchev–Trinajstić information content (AvgIpc) is 2.59. The highest BCUT2D eigenvalue weighted by molar-refractivity contribution is 5.79. The number of ketones is 1. The molecule has 0 aliphatic heterocycles. The van der Waals surface area contributed by atoms with Crippen molar-refractivity contribution in [3.8, 4) is 0 Å². The third-order valence-electron chi connectivity index (χ3n) is 4.80. The summed E-state index contributed by atoms with van der Waals surface area (Å²) in [6.07, 6.45) is 26.9. The van der Waals surface area contributed by atoms with Gasteiger partial charge in [0.2, 0.25) is 0 Å². The van der Waals surface area contributed by atoms with Crippen LogP contribution in [0.5, 0.6) is 0 Å². The zero-order valence-electron chi connectivity index (χ0n) is 16.8. The zero-order valence-corrected chi connectivity index (χ0v) is 16.8.